The van der Waals surface area contributed by atoms with Crippen molar-refractivity contribution in [2.45, 2.75) is 6.92 Å². The first-order chi connectivity index (χ1) is 11.7. The van der Waals surface area contributed by atoms with E-state index in [1.165, 1.54) is 27.1 Å². The molecule has 0 aliphatic rings. The number of nitrogens with one attached hydrogen (secondary N) is 1. The zero-order valence-electron chi connectivity index (χ0n) is 13.7. The van der Waals surface area contributed by atoms with E-state index in [1.54, 1.807) is 0 Å². The Morgan fingerprint density at radius 2 is 1.42 bits per heavy atom. The predicted octanol–water partition coefficient (Wildman–Crippen LogP) is 5.18. The SMILES string of the molecule is Cc1ccc(-c2nc3c4ccccc4c4ccccc4c3n2C)[nH]1. The van der Waals surface area contributed by atoms with E-state index in [4.69, 9.17) is 4.98 Å². The number of aromatic amines is 1. The second-order valence-electron chi connectivity index (χ2n) is 6.34. The molecule has 0 saturated carbocycles. The number of fused-ring (bicyclic) bond motifs is 6. The molecule has 116 valence electrons. The molecule has 3 aromatic carbocycles. The van der Waals surface area contributed by atoms with Gasteiger partial charge in [-0.3, -0.25) is 0 Å². The maximum absolute atomic E-state index is 5.01. The topological polar surface area (TPSA) is 33.6 Å². The lowest BCUT2D eigenvalue weighted by Gasteiger charge is -2.07. The number of aromatic nitrogens is 3. The Balaban J connectivity index is 2.03. The van der Waals surface area contributed by atoms with Crippen LogP contribution in [0.25, 0.3) is 44.1 Å². The molecule has 3 nitrogen and oxygen atoms in total. The fourth-order valence-electron chi connectivity index (χ4n) is 3.72. The third-order valence-corrected chi connectivity index (χ3v) is 4.82. The highest BCUT2D eigenvalue weighted by molar-refractivity contribution is 6.23. The molecule has 0 fully saturated rings. The van der Waals surface area contributed by atoms with E-state index in [0.717, 1.165) is 22.7 Å². The highest BCUT2D eigenvalue weighted by atomic mass is 15.1. The smallest absolute Gasteiger partial charge is 0.157 e. The number of hydrogen-bond acceptors (Lipinski definition) is 1. The first-order valence-electron chi connectivity index (χ1n) is 8.16. The highest BCUT2D eigenvalue weighted by Gasteiger charge is 2.16. The Morgan fingerprint density at radius 3 is 2.08 bits per heavy atom. The zero-order valence-corrected chi connectivity index (χ0v) is 13.7. The molecule has 0 atom stereocenters. The lowest BCUT2D eigenvalue weighted by Crippen LogP contribution is -1.93. The van der Waals surface area contributed by atoms with Gasteiger partial charge in [-0.25, -0.2) is 4.98 Å². The molecule has 1 N–H and O–H groups in total. The molecular formula is C21H17N3. The molecule has 2 heterocycles. The molecular weight excluding hydrogens is 294 g/mol. The van der Waals surface area contributed by atoms with Crippen LogP contribution in [0.15, 0.2) is 60.7 Å². The van der Waals surface area contributed by atoms with E-state index >= 15 is 0 Å². The van der Waals surface area contributed by atoms with Crippen molar-refractivity contribution in [2.75, 3.05) is 0 Å². The Labute approximate surface area is 139 Å². The van der Waals surface area contributed by atoms with Crippen LogP contribution in [0.1, 0.15) is 5.69 Å². The predicted molar refractivity (Wildman–Crippen MR) is 100 cm³/mol. The molecule has 24 heavy (non-hydrogen) atoms. The van der Waals surface area contributed by atoms with Gasteiger partial charge in [0.15, 0.2) is 5.82 Å². The summed E-state index contributed by atoms with van der Waals surface area (Å²) in [4.78, 5) is 8.41. The van der Waals surface area contributed by atoms with Crippen molar-refractivity contribution in [1.29, 1.82) is 0 Å². The standard InChI is InChI=1S/C21H17N3/c1-13-11-12-18(22-13)21-23-19-16-9-5-3-7-14(16)15-8-4-6-10-17(15)20(19)24(21)2/h3-12,22H,1-2H3. The van der Waals surface area contributed by atoms with Crippen LogP contribution in [0.4, 0.5) is 0 Å². The van der Waals surface area contributed by atoms with Crippen molar-refractivity contribution in [1.82, 2.24) is 14.5 Å². The number of benzene rings is 3. The van der Waals surface area contributed by atoms with Gasteiger partial charge in [-0.2, -0.15) is 0 Å². The van der Waals surface area contributed by atoms with Gasteiger partial charge < -0.3 is 9.55 Å². The highest BCUT2D eigenvalue weighted by Crippen LogP contribution is 2.36. The number of aryl methyl sites for hydroxylation is 2. The maximum Gasteiger partial charge on any atom is 0.157 e. The van der Waals surface area contributed by atoms with Gasteiger partial charge >= 0.3 is 0 Å². The third-order valence-electron chi connectivity index (χ3n) is 4.82. The third kappa shape index (κ3) is 1.69. The average Bonchev–Trinajstić information content (AvgIpc) is 3.19. The number of H-pyrrole nitrogens is 1. The lowest BCUT2D eigenvalue weighted by atomic mass is 10.00. The van der Waals surface area contributed by atoms with Gasteiger partial charge in [0.1, 0.15) is 0 Å². The maximum atomic E-state index is 5.01. The van der Waals surface area contributed by atoms with Crippen LogP contribution < -0.4 is 0 Å². The van der Waals surface area contributed by atoms with Crippen LogP contribution >= 0.6 is 0 Å². The van der Waals surface area contributed by atoms with E-state index in [9.17, 15) is 0 Å². The minimum atomic E-state index is 0.972. The van der Waals surface area contributed by atoms with Crippen LogP contribution in [-0.2, 0) is 7.05 Å². The molecule has 3 heteroatoms. The normalized spacial score (nSPS) is 11.8. The van der Waals surface area contributed by atoms with Gasteiger partial charge in [-0.1, -0.05) is 48.5 Å². The Hall–Kier alpha value is -3.07. The van der Waals surface area contributed by atoms with Gasteiger partial charge in [0.2, 0.25) is 0 Å². The van der Waals surface area contributed by atoms with Crippen molar-refractivity contribution in [3.63, 3.8) is 0 Å². The number of rotatable bonds is 1. The van der Waals surface area contributed by atoms with Crippen molar-refractivity contribution < 1.29 is 0 Å². The van der Waals surface area contributed by atoms with Crippen LogP contribution in [0.2, 0.25) is 0 Å². The quantitative estimate of drug-likeness (QED) is 0.425. The minimum absolute atomic E-state index is 0.972. The molecule has 2 aromatic heterocycles. The van der Waals surface area contributed by atoms with E-state index in [-0.39, 0.29) is 0 Å². The van der Waals surface area contributed by atoms with Gasteiger partial charge in [-0.05, 0) is 29.8 Å². The van der Waals surface area contributed by atoms with Crippen molar-refractivity contribution in [3.05, 3.63) is 66.4 Å². The van der Waals surface area contributed by atoms with Crippen molar-refractivity contribution in [2.24, 2.45) is 7.05 Å². The molecule has 0 radical (unpaired) electrons. The number of nitrogens with zero attached hydrogens (tertiary/aromatic N) is 2. The minimum Gasteiger partial charge on any atom is -0.356 e. The molecule has 0 unspecified atom stereocenters. The van der Waals surface area contributed by atoms with E-state index in [2.05, 4.69) is 84.2 Å². The summed E-state index contributed by atoms with van der Waals surface area (Å²) in [6, 6.07) is 21.3. The number of imidazole rings is 1. The first-order valence-corrected chi connectivity index (χ1v) is 8.16. The van der Waals surface area contributed by atoms with Gasteiger partial charge in [0.05, 0.1) is 16.7 Å². The number of hydrogen-bond donors (Lipinski definition) is 1. The second-order valence-corrected chi connectivity index (χ2v) is 6.34. The summed E-state index contributed by atoms with van der Waals surface area (Å²) in [7, 11) is 2.10. The summed E-state index contributed by atoms with van der Waals surface area (Å²) in [5, 5.41) is 4.98. The molecule has 0 bridgehead atoms. The molecule has 0 saturated heterocycles. The summed E-state index contributed by atoms with van der Waals surface area (Å²) in [5.41, 5.74) is 4.45. The van der Waals surface area contributed by atoms with Crippen LogP contribution in [0.3, 0.4) is 0 Å². The van der Waals surface area contributed by atoms with Crippen LogP contribution in [0, 0.1) is 6.92 Å². The molecule has 5 rings (SSSR count). The second kappa shape index (κ2) is 4.71. The van der Waals surface area contributed by atoms with Crippen LogP contribution in [-0.4, -0.2) is 14.5 Å². The van der Waals surface area contributed by atoms with E-state index in [0.29, 0.717) is 0 Å². The Morgan fingerprint density at radius 1 is 0.792 bits per heavy atom. The molecule has 5 aromatic rings. The van der Waals surface area contributed by atoms with E-state index < -0.39 is 0 Å². The largest absolute Gasteiger partial charge is 0.356 e. The molecule has 0 spiro atoms. The van der Waals surface area contributed by atoms with Gasteiger partial charge in [0.25, 0.3) is 0 Å². The van der Waals surface area contributed by atoms with Crippen molar-refractivity contribution in [3.8, 4) is 11.5 Å². The van der Waals surface area contributed by atoms with Crippen molar-refractivity contribution >= 4 is 32.6 Å². The summed E-state index contributed by atoms with van der Waals surface area (Å²) >= 11 is 0. The first kappa shape index (κ1) is 13.4. The summed E-state index contributed by atoms with van der Waals surface area (Å²) in [6.07, 6.45) is 0. The average molecular weight is 311 g/mol. The fraction of sp³-hybridized carbons (Fsp3) is 0.0952. The lowest BCUT2D eigenvalue weighted by molar-refractivity contribution is 0.954. The summed E-state index contributed by atoms with van der Waals surface area (Å²) in [5.74, 6) is 0.972. The summed E-state index contributed by atoms with van der Waals surface area (Å²) < 4.78 is 2.20. The van der Waals surface area contributed by atoms with Gasteiger partial charge in [0, 0.05) is 23.5 Å². The zero-order chi connectivity index (χ0) is 16.3. The molecule has 0 aliphatic carbocycles. The fourth-order valence-corrected chi connectivity index (χ4v) is 3.72. The summed E-state index contributed by atoms with van der Waals surface area (Å²) in [6.45, 7) is 2.07. The van der Waals surface area contributed by atoms with Gasteiger partial charge in [-0.15, -0.1) is 0 Å². The Kier molecular flexibility index (Phi) is 2.63. The molecule has 0 aliphatic heterocycles. The van der Waals surface area contributed by atoms with E-state index in [1.807, 2.05) is 0 Å². The monoisotopic (exact) mass is 311 g/mol. The molecule has 0 amide bonds. The van der Waals surface area contributed by atoms with Crippen LogP contribution in [0.5, 0.6) is 0 Å². The Bertz CT molecular complexity index is 1220.